The third-order valence-corrected chi connectivity index (χ3v) is 10.5. The molecule has 5 atom stereocenters. The van der Waals surface area contributed by atoms with E-state index in [0.29, 0.717) is 57.9 Å². The molecule has 0 bridgehead atoms. The number of carbonyl (C=O) groups excluding carboxylic acids is 5. The second-order valence-corrected chi connectivity index (χ2v) is 16.7. The van der Waals surface area contributed by atoms with Crippen molar-refractivity contribution < 1.29 is 38.7 Å². The monoisotopic (exact) mass is 694 g/mol. The molecule has 3 amide bonds. The number of hydrogen-bond acceptors (Lipinski definition) is 9. The largest absolute Gasteiger partial charge is 0.466 e. The first-order valence-electron chi connectivity index (χ1n) is 18.2. The molecule has 12 nitrogen and oxygen atoms in total. The molecule has 0 aliphatic carbocycles. The molecule has 2 aliphatic rings. The van der Waals surface area contributed by atoms with Gasteiger partial charge in [0.1, 0.15) is 0 Å². The molecule has 2 aliphatic heterocycles. The van der Waals surface area contributed by atoms with E-state index in [1.807, 2.05) is 62.3 Å². The van der Waals surface area contributed by atoms with E-state index >= 15 is 0 Å². The van der Waals surface area contributed by atoms with Crippen molar-refractivity contribution in [3.8, 4) is 0 Å². The molecule has 2 fully saturated rings. The highest BCUT2D eigenvalue weighted by atomic mass is 16.6. The highest BCUT2D eigenvalue weighted by Crippen LogP contribution is 2.45. The van der Waals surface area contributed by atoms with E-state index in [0.717, 1.165) is 0 Å². The molecule has 49 heavy (non-hydrogen) atoms. The fraction of sp³-hybridized carbons (Fsp3) is 0.865. The number of rotatable bonds is 17. The second kappa shape index (κ2) is 17.0. The number of methoxy groups -OCH3 is 1. The maximum atomic E-state index is 14.4. The number of piperidine rings is 1. The molecule has 0 aromatic heterocycles. The van der Waals surface area contributed by atoms with Gasteiger partial charge >= 0.3 is 11.9 Å². The van der Waals surface area contributed by atoms with Gasteiger partial charge in [-0.1, -0.05) is 27.2 Å². The summed E-state index contributed by atoms with van der Waals surface area (Å²) in [6.07, 6.45) is 3.23. The normalized spacial score (nSPS) is 22.4. The van der Waals surface area contributed by atoms with E-state index in [-0.39, 0.29) is 42.6 Å². The van der Waals surface area contributed by atoms with Gasteiger partial charge in [-0.2, -0.15) is 5.06 Å². The van der Waals surface area contributed by atoms with Gasteiger partial charge in [-0.25, -0.2) is 4.79 Å². The second-order valence-electron chi connectivity index (χ2n) is 16.7. The number of nitrogens with one attached hydrogen (secondary N) is 2. The van der Waals surface area contributed by atoms with Crippen LogP contribution in [0, 0.1) is 16.7 Å². The molecular weight excluding hydrogens is 628 g/mol. The van der Waals surface area contributed by atoms with Crippen molar-refractivity contribution >= 4 is 29.7 Å². The third kappa shape index (κ3) is 10.9. The molecule has 2 rings (SSSR count). The van der Waals surface area contributed by atoms with Crippen molar-refractivity contribution in [2.45, 2.75) is 176 Å². The SMILES string of the molecule is CCCC(C)(CC(C)(CC(CC(CC)C(=O)NC(C)C)N1CCCC1=O)C(=O)OC(C)C(=O)OC)C(=O)NC1CC(C)(C)N(O)C(C)(C)C1. The molecule has 0 aromatic rings. The van der Waals surface area contributed by atoms with E-state index in [2.05, 4.69) is 10.6 Å². The number of ether oxygens (including phenoxy) is 2. The predicted molar refractivity (Wildman–Crippen MR) is 187 cm³/mol. The number of esters is 2. The van der Waals surface area contributed by atoms with Crippen LogP contribution in [-0.2, 0) is 33.4 Å². The summed E-state index contributed by atoms with van der Waals surface area (Å²) in [7, 11) is 1.22. The standard InChI is InChI=1S/C37H66N4O8/c1-13-17-36(10,32(45)39-27-20-34(6,7)41(47)35(8,9)21-27)23-37(11,33(46)49-25(5)31(44)48-12)22-28(40-18-15-16-29(40)42)19-26(14-2)30(43)38-24(3)4/h24-28,47H,13-23H2,1-12H3,(H,38,43)(H,39,45). The summed E-state index contributed by atoms with van der Waals surface area (Å²) in [5, 5.41) is 18.5. The number of carbonyl (C=O) groups is 5. The molecule has 0 aromatic carbocycles. The Morgan fingerprint density at radius 2 is 1.61 bits per heavy atom. The Kier molecular flexibility index (Phi) is 14.7. The molecule has 2 heterocycles. The van der Waals surface area contributed by atoms with Crippen molar-refractivity contribution in [2.75, 3.05) is 13.7 Å². The zero-order valence-electron chi connectivity index (χ0n) is 32.4. The fourth-order valence-electron chi connectivity index (χ4n) is 8.26. The summed E-state index contributed by atoms with van der Waals surface area (Å²) in [6.45, 7) is 21.1. The third-order valence-electron chi connectivity index (χ3n) is 10.5. The van der Waals surface area contributed by atoms with Gasteiger partial charge in [-0.05, 0) is 107 Å². The summed E-state index contributed by atoms with van der Waals surface area (Å²) < 4.78 is 10.6. The lowest BCUT2D eigenvalue weighted by molar-refractivity contribution is -0.246. The first kappa shape index (κ1) is 42.4. The first-order valence-corrected chi connectivity index (χ1v) is 18.2. The van der Waals surface area contributed by atoms with Gasteiger partial charge in [-0.3, -0.25) is 19.2 Å². The predicted octanol–water partition coefficient (Wildman–Crippen LogP) is 5.14. The van der Waals surface area contributed by atoms with Gasteiger partial charge in [0.05, 0.1) is 12.5 Å². The Labute approximate surface area is 294 Å². The van der Waals surface area contributed by atoms with Crippen LogP contribution in [0.25, 0.3) is 0 Å². The van der Waals surface area contributed by atoms with Crippen molar-refractivity contribution in [1.82, 2.24) is 20.6 Å². The molecule has 282 valence electrons. The maximum Gasteiger partial charge on any atom is 0.346 e. The Balaban J connectivity index is 2.56. The van der Waals surface area contributed by atoms with Crippen molar-refractivity contribution in [2.24, 2.45) is 16.7 Å². The van der Waals surface area contributed by atoms with E-state index < -0.39 is 51.9 Å². The Morgan fingerprint density at radius 3 is 2.08 bits per heavy atom. The Hall–Kier alpha value is -2.73. The van der Waals surface area contributed by atoms with Gasteiger partial charge in [0.15, 0.2) is 6.10 Å². The van der Waals surface area contributed by atoms with E-state index in [1.165, 1.54) is 19.1 Å². The van der Waals surface area contributed by atoms with Gasteiger partial charge < -0.3 is 30.2 Å². The smallest absolute Gasteiger partial charge is 0.346 e. The van der Waals surface area contributed by atoms with E-state index in [1.54, 1.807) is 11.8 Å². The van der Waals surface area contributed by atoms with Crippen LogP contribution in [0.15, 0.2) is 0 Å². The Bertz CT molecular complexity index is 1170. The van der Waals surface area contributed by atoms with Crippen molar-refractivity contribution in [1.29, 1.82) is 0 Å². The average Bonchev–Trinajstić information content (AvgIpc) is 3.42. The van der Waals surface area contributed by atoms with Gasteiger partial charge in [0.2, 0.25) is 17.7 Å². The maximum absolute atomic E-state index is 14.4. The topological polar surface area (TPSA) is 155 Å². The lowest BCUT2D eigenvalue weighted by Crippen LogP contribution is -2.63. The number of amides is 3. The van der Waals surface area contributed by atoms with Crippen LogP contribution in [0.4, 0.5) is 0 Å². The summed E-state index contributed by atoms with van der Waals surface area (Å²) >= 11 is 0. The summed E-state index contributed by atoms with van der Waals surface area (Å²) in [5.74, 6) is -2.09. The molecule has 0 radical (unpaired) electrons. The van der Waals surface area contributed by atoms with E-state index in [4.69, 9.17) is 9.47 Å². The number of hydroxylamine groups is 2. The minimum absolute atomic E-state index is 0.0303. The van der Waals surface area contributed by atoms with Crippen LogP contribution in [0.5, 0.6) is 0 Å². The van der Waals surface area contributed by atoms with Gasteiger partial charge in [0.25, 0.3) is 0 Å². The molecular formula is C37H66N4O8. The molecule has 3 N–H and O–H groups in total. The fourth-order valence-corrected chi connectivity index (χ4v) is 8.26. The minimum Gasteiger partial charge on any atom is -0.466 e. The van der Waals surface area contributed by atoms with Crippen LogP contribution in [0.1, 0.15) is 140 Å². The zero-order valence-corrected chi connectivity index (χ0v) is 32.4. The van der Waals surface area contributed by atoms with Crippen LogP contribution in [0.2, 0.25) is 0 Å². The Morgan fingerprint density at radius 1 is 1.02 bits per heavy atom. The first-order chi connectivity index (χ1) is 22.6. The molecule has 0 spiro atoms. The lowest BCUT2D eigenvalue weighted by Gasteiger charge is -2.52. The molecule has 5 unspecified atom stereocenters. The lowest BCUT2D eigenvalue weighted by atomic mass is 9.66. The van der Waals surface area contributed by atoms with E-state index in [9.17, 15) is 29.2 Å². The summed E-state index contributed by atoms with van der Waals surface area (Å²) in [4.78, 5) is 69.3. The van der Waals surface area contributed by atoms with Crippen molar-refractivity contribution in [3.63, 3.8) is 0 Å². The minimum atomic E-state index is -1.32. The molecule has 12 heteroatoms. The number of hydrogen-bond donors (Lipinski definition) is 3. The highest BCUT2D eigenvalue weighted by molar-refractivity contribution is 5.86. The van der Waals surface area contributed by atoms with Crippen molar-refractivity contribution in [3.05, 3.63) is 0 Å². The summed E-state index contributed by atoms with van der Waals surface area (Å²) in [5.41, 5.74) is -3.50. The van der Waals surface area contributed by atoms with Crippen LogP contribution < -0.4 is 10.6 Å². The number of likely N-dealkylation sites (tertiary alicyclic amines) is 1. The quantitative estimate of drug-likeness (QED) is 0.176. The van der Waals surface area contributed by atoms with Gasteiger partial charge in [-0.15, -0.1) is 0 Å². The molecule has 2 saturated heterocycles. The average molecular weight is 695 g/mol. The van der Waals surface area contributed by atoms with Crippen LogP contribution in [-0.4, -0.2) is 93.8 Å². The van der Waals surface area contributed by atoms with Gasteiger partial charge in [0, 0.05) is 53.5 Å². The molecule has 0 saturated carbocycles. The van der Waals surface area contributed by atoms with Crippen LogP contribution >= 0.6 is 0 Å². The van der Waals surface area contributed by atoms with Crippen LogP contribution in [0.3, 0.4) is 0 Å². The summed E-state index contributed by atoms with van der Waals surface area (Å²) in [6, 6.07) is -0.745. The highest BCUT2D eigenvalue weighted by Gasteiger charge is 2.51. The zero-order chi connectivity index (χ0) is 37.5. The number of nitrogens with zero attached hydrogens (tertiary/aromatic N) is 2.